The van der Waals surface area contributed by atoms with Crippen LogP contribution < -0.4 is 21.4 Å². The lowest BCUT2D eigenvalue weighted by atomic mass is 9.96. The number of fused-ring (bicyclic) bond motifs is 4. The summed E-state index contributed by atoms with van der Waals surface area (Å²) in [5, 5.41) is 9.61. The SMILES string of the molecule is CC1NC(=O)C(C(C)C)NC(=O)C(C)C(OCC(F)(F)F)CCC=Cc2cccc(c2)C(C)NC(=O)C2CCCN(N2)C1=O. The fourth-order valence-corrected chi connectivity index (χ4v) is 5.21. The van der Waals surface area contributed by atoms with Gasteiger partial charge in [-0.3, -0.25) is 24.2 Å². The molecule has 3 rings (SSSR count). The van der Waals surface area contributed by atoms with Gasteiger partial charge in [0.2, 0.25) is 17.7 Å². The van der Waals surface area contributed by atoms with Crippen LogP contribution in [0.2, 0.25) is 0 Å². The lowest BCUT2D eigenvalue weighted by Crippen LogP contribution is -2.62. The van der Waals surface area contributed by atoms with E-state index in [1.165, 1.54) is 18.9 Å². The molecule has 1 aromatic rings. The zero-order valence-corrected chi connectivity index (χ0v) is 25.9. The smallest absolute Gasteiger partial charge is 0.368 e. The number of alkyl halides is 3. The van der Waals surface area contributed by atoms with Crippen molar-refractivity contribution in [3.8, 4) is 0 Å². The van der Waals surface area contributed by atoms with Gasteiger partial charge in [0.25, 0.3) is 5.91 Å². The minimum absolute atomic E-state index is 0.127. The maximum atomic E-state index is 13.2. The molecule has 10 nitrogen and oxygen atoms in total. The predicted octanol–water partition coefficient (Wildman–Crippen LogP) is 3.40. The van der Waals surface area contributed by atoms with Gasteiger partial charge in [-0.25, -0.2) is 5.43 Å². The van der Waals surface area contributed by atoms with E-state index in [-0.39, 0.29) is 18.4 Å². The molecule has 4 bridgehead atoms. The van der Waals surface area contributed by atoms with E-state index < -0.39 is 66.6 Å². The van der Waals surface area contributed by atoms with Crippen LogP contribution in [0.15, 0.2) is 30.3 Å². The third-order valence-electron chi connectivity index (χ3n) is 7.87. The van der Waals surface area contributed by atoms with Crippen LogP contribution in [0.25, 0.3) is 6.08 Å². The molecule has 1 aromatic carbocycles. The highest BCUT2D eigenvalue weighted by atomic mass is 19.4. The molecule has 44 heavy (non-hydrogen) atoms. The van der Waals surface area contributed by atoms with Crippen LogP contribution in [-0.2, 0) is 23.9 Å². The molecule has 6 atom stereocenters. The van der Waals surface area contributed by atoms with Crippen LogP contribution >= 0.6 is 0 Å². The number of hydrogen-bond donors (Lipinski definition) is 4. The van der Waals surface area contributed by atoms with E-state index in [9.17, 15) is 32.3 Å². The van der Waals surface area contributed by atoms with Gasteiger partial charge in [0.1, 0.15) is 24.7 Å². The molecule has 0 aromatic heterocycles. The van der Waals surface area contributed by atoms with E-state index in [0.29, 0.717) is 25.8 Å². The number of ether oxygens (including phenoxy) is 1. The first kappa shape index (κ1) is 35.0. The van der Waals surface area contributed by atoms with Gasteiger partial charge in [0.15, 0.2) is 0 Å². The molecule has 0 saturated carbocycles. The van der Waals surface area contributed by atoms with Crippen molar-refractivity contribution >= 4 is 29.7 Å². The molecule has 2 heterocycles. The summed E-state index contributed by atoms with van der Waals surface area (Å²) >= 11 is 0. The summed E-state index contributed by atoms with van der Waals surface area (Å²) in [4.78, 5) is 52.8. The molecule has 2 aliphatic rings. The molecule has 4 amide bonds. The Kier molecular flexibility index (Phi) is 12.4. The predicted molar refractivity (Wildman–Crippen MR) is 158 cm³/mol. The molecule has 0 aliphatic carbocycles. The van der Waals surface area contributed by atoms with Crippen LogP contribution in [0.5, 0.6) is 0 Å². The molecule has 13 heteroatoms. The number of halogens is 3. The molecular formula is C31H44F3N5O5. The van der Waals surface area contributed by atoms with Crippen LogP contribution in [0.3, 0.4) is 0 Å². The molecule has 4 N–H and O–H groups in total. The number of carbonyl (C=O) groups is 4. The van der Waals surface area contributed by atoms with Gasteiger partial charge in [-0.2, -0.15) is 13.2 Å². The van der Waals surface area contributed by atoms with Crippen molar-refractivity contribution in [2.45, 2.75) is 96.7 Å². The maximum absolute atomic E-state index is 13.2. The second-order valence-electron chi connectivity index (χ2n) is 11.9. The first-order valence-electron chi connectivity index (χ1n) is 15.1. The fraction of sp³-hybridized carbons (Fsp3) is 0.613. The van der Waals surface area contributed by atoms with Gasteiger partial charge in [-0.1, -0.05) is 51.1 Å². The Bertz CT molecular complexity index is 1210. The number of hydrazine groups is 1. The number of rotatable bonds is 3. The van der Waals surface area contributed by atoms with Crippen LogP contribution in [0.1, 0.15) is 77.5 Å². The van der Waals surface area contributed by atoms with Crippen molar-refractivity contribution in [1.29, 1.82) is 0 Å². The van der Waals surface area contributed by atoms with E-state index in [1.807, 2.05) is 37.3 Å². The molecule has 1 fully saturated rings. The Morgan fingerprint density at radius 2 is 1.66 bits per heavy atom. The molecule has 0 radical (unpaired) electrons. The van der Waals surface area contributed by atoms with E-state index in [0.717, 1.165) is 11.1 Å². The number of carbonyl (C=O) groups excluding carboxylic acids is 4. The van der Waals surface area contributed by atoms with Gasteiger partial charge in [-0.05, 0) is 62.6 Å². The van der Waals surface area contributed by atoms with Crippen molar-refractivity contribution in [1.82, 2.24) is 26.4 Å². The van der Waals surface area contributed by atoms with E-state index in [2.05, 4.69) is 21.4 Å². The highest BCUT2D eigenvalue weighted by molar-refractivity contribution is 5.92. The van der Waals surface area contributed by atoms with Gasteiger partial charge in [0.05, 0.1) is 18.1 Å². The number of nitrogens with zero attached hydrogens (tertiary/aromatic N) is 1. The van der Waals surface area contributed by atoms with Crippen LogP contribution in [-0.4, -0.2) is 72.2 Å². The Labute approximate surface area is 256 Å². The van der Waals surface area contributed by atoms with Crippen molar-refractivity contribution in [2.24, 2.45) is 11.8 Å². The van der Waals surface area contributed by atoms with Crippen LogP contribution in [0, 0.1) is 11.8 Å². The molecule has 6 unspecified atom stereocenters. The largest absolute Gasteiger partial charge is 0.411 e. The maximum Gasteiger partial charge on any atom is 0.411 e. The average molecular weight is 624 g/mol. The molecule has 0 spiro atoms. The normalized spacial score (nSPS) is 28.4. The number of benzene rings is 1. The average Bonchev–Trinajstić information content (AvgIpc) is 2.97. The van der Waals surface area contributed by atoms with Crippen molar-refractivity contribution in [2.75, 3.05) is 13.2 Å². The Hall–Kier alpha value is -3.45. The monoisotopic (exact) mass is 623 g/mol. The minimum Gasteiger partial charge on any atom is -0.368 e. The minimum atomic E-state index is -4.58. The Morgan fingerprint density at radius 3 is 2.34 bits per heavy atom. The summed E-state index contributed by atoms with van der Waals surface area (Å²) in [7, 11) is 0. The second-order valence-corrected chi connectivity index (χ2v) is 11.9. The quantitative estimate of drug-likeness (QED) is 0.409. The summed E-state index contributed by atoms with van der Waals surface area (Å²) in [5.41, 5.74) is 4.66. The molecular weight excluding hydrogens is 579 g/mol. The van der Waals surface area contributed by atoms with Crippen LogP contribution in [0.4, 0.5) is 13.2 Å². The number of allylic oxidation sites excluding steroid dienone is 1. The van der Waals surface area contributed by atoms with E-state index in [4.69, 9.17) is 4.74 Å². The van der Waals surface area contributed by atoms with Gasteiger partial charge in [-0.15, -0.1) is 0 Å². The lowest BCUT2D eigenvalue weighted by Gasteiger charge is -2.35. The van der Waals surface area contributed by atoms with Crippen molar-refractivity contribution in [3.05, 3.63) is 41.5 Å². The lowest BCUT2D eigenvalue weighted by molar-refractivity contribution is -0.191. The molecule has 1 saturated heterocycles. The second kappa shape index (κ2) is 15.5. The van der Waals surface area contributed by atoms with E-state index in [1.54, 1.807) is 19.9 Å². The summed E-state index contributed by atoms with van der Waals surface area (Å²) < 4.78 is 44.3. The zero-order valence-electron chi connectivity index (χ0n) is 25.9. The van der Waals surface area contributed by atoms with Gasteiger partial charge < -0.3 is 20.7 Å². The summed E-state index contributed by atoms with van der Waals surface area (Å²) in [5.74, 6) is -3.36. The first-order valence-corrected chi connectivity index (χ1v) is 15.1. The van der Waals surface area contributed by atoms with Crippen molar-refractivity contribution in [3.63, 3.8) is 0 Å². The van der Waals surface area contributed by atoms with Gasteiger partial charge >= 0.3 is 6.18 Å². The first-order chi connectivity index (χ1) is 20.7. The Balaban J connectivity index is 1.90. The zero-order chi connectivity index (χ0) is 32.6. The number of amides is 4. The topological polar surface area (TPSA) is 129 Å². The molecule has 244 valence electrons. The summed E-state index contributed by atoms with van der Waals surface area (Å²) in [6, 6.07) is 4.47. The fourth-order valence-electron chi connectivity index (χ4n) is 5.21. The van der Waals surface area contributed by atoms with E-state index >= 15 is 0 Å². The third kappa shape index (κ3) is 10.0. The number of hydrogen-bond acceptors (Lipinski definition) is 6. The number of nitrogens with one attached hydrogen (secondary N) is 4. The molecule has 2 aliphatic heterocycles. The summed E-state index contributed by atoms with van der Waals surface area (Å²) in [6.07, 6.45) is -0.475. The highest BCUT2D eigenvalue weighted by Crippen LogP contribution is 2.22. The van der Waals surface area contributed by atoms with Crippen molar-refractivity contribution < 1.29 is 37.1 Å². The van der Waals surface area contributed by atoms with Gasteiger partial charge in [0, 0.05) is 6.54 Å². The highest BCUT2D eigenvalue weighted by Gasteiger charge is 2.36. The summed E-state index contributed by atoms with van der Waals surface area (Å²) in [6.45, 7) is 7.08. The third-order valence-corrected chi connectivity index (χ3v) is 7.87. The standard InChI is InChI=1S/C31H44F3N5O5/c1-18(2)26-29(42)36-21(5)30(43)39-15-9-13-24(38-39)28(41)35-20(4)23-12-8-11-22(16-23)10-6-7-14-25(19(3)27(40)37-26)44-17-31(32,33)34/h6,8,10-12,16,18-21,24-26,38H,7,9,13-15,17H2,1-5H3,(H,35,41)(H,36,42)(H,37,40). The Morgan fingerprint density at radius 1 is 0.955 bits per heavy atom.